The van der Waals surface area contributed by atoms with Crippen molar-refractivity contribution in [1.82, 2.24) is 5.32 Å². The molecule has 0 heterocycles. The molecule has 6 nitrogen and oxygen atoms in total. The lowest BCUT2D eigenvalue weighted by Gasteiger charge is -2.19. The summed E-state index contributed by atoms with van der Waals surface area (Å²) in [7, 11) is -2.32. The van der Waals surface area contributed by atoms with Gasteiger partial charge in [0.25, 0.3) is 15.9 Å². The Morgan fingerprint density at radius 3 is 2.09 bits per heavy atom. The van der Waals surface area contributed by atoms with E-state index in [1.807, 2.05) is 0 Å². The van der Waals surface area contributed by atoms with E-state index in [1.54, 1.807) is 54.6 Å². The fourth-order valence-electron chi connectivity index (χ4n) is 3.04. The van der Waals surface area contributed by atoms with Crippen molar-refractivity contribution >= 4 is 21.6 Å². The van der Waals surface area contributed by atoms with Crippen LogP contribution < -0.4 is 9.62 Å². The smallest absolute Gasteiger partial charge is 0.367 e. The van der Waals surface area contributed by atoms with Gasteiger partial charge in [-0.15, -0.1) is 0 Å². The molecule has 0 saturated carbocycles. The molecule has 1 amide bonds. The van der Waals surface area contributed by atoms with Crippen LogP contribution in [0.5, 0.6) is 0 Å². The summed E-state index contributed by atoms with van der Waals surface area (Å²) in [6, 6.07) is 20.9. The van der Waals surface area contributed by atoms with E-state index in [-0.39, 0.29) is 18.0 Å². The summed E-state index contributed by atoms with van der Waals surface area (Å²) >= 11 is 0. The lowest BCUT2D eigenvalue weighted by molar-refractivity contribution is -0.176. The number of hydrogen-bond donors (Lipinski definition) is 1. The second-order valence-corrected chi connectivity index (χ2v) is 9.41. The van der Waals surface area contributed by atoms with E-state index in [9.17, 15) is 26.4 Å². The topological polar surface area (TPSA) is 75.7 Å². The van der Waals surface area contributed by atoms with Crippen LogP contribution in [-0.2, 0) is 27.9 Å². The van der Waals surface area contributed by atoms with Crippen molar-refractivity contribution in [3.8, 4) is 0 Å². The fraction of sp³-hybridized carbons (Fsp3) is 0.208. The normalized spacial score (nSPS) is 11.8. The van der Waals surface area contributed by atoms with E-state index >= 15 is 0 Å². The zero-order valence-electron chi connectivity index (χ0n) is 18.2. The highest BCUT2D eigenvalue weighted by Gasteiger charge is 2.27. The first-order chi connectivity index (χ1) is 16.1. The molecule has 10 heteroatoms. The first-order valence-electron chi connectivity index (χ1n) is 10.2. The number of carbonyl (C=O) groups is 1. The minimum atomic E-state index is -4.37. The van der Waals surface area contributed by atoms with Crippen LogP contribution in [0.4, 0.5) is 18.9 Å². The summed E-state index contributed by atoms with van der Waals surface area (Å²) in [5.74, 6) is -0.391. The number of sulfonamides is 1. The van der Waals surface area contributed by atoms with Crippen molar-refractivity contribution in [2.75, 3.05) is 18.0 Å². The van der Waals surface area contributed by atoms with E-state index in [4.69, 9.17) is 0 Å². The maximum atomic E-state index is 12.8. The number of anilines is 1. The molecule has 0 aliphatic carbocycles. The number of amides is 1. The molecular weight excluding hydrogens is 469 g/mol. The SMILES string of the molecule is CN(c1ccccc1)S(=O)(=O)c1ccc(C(=O)NCc2ccc(COCC(F)(F)F)cc2)cc1. The molecule has 0 fully saturated rings. The molecular formula is C24H23F3N2O4S. The van der Waals surface area contributed by atoms with Gasteiger partial charge >= 0.3 is 6.18 Å². The highest BCUT2D eigenvalue weighted by Crippen LogP contribution is 2.22. The van der Waals surface area contributed by atoms with Gasteiger partial charge in [-0.25, -0.2) is 8.42 Å². The third kappa shape index (κ3) is 6.82. The standard InChI is InChI=1S/C24H23F3N2O4S/c1-29(21-5-3-2-4-6-21)34(31,32)22-13-11-20(12-14-22)23(30)28-15-18-7-9-19(10-8-18)16-33-17-24(25,26)27/h2-14H,15-17H2,1H3,(H,28,30). The van der Waals surface area contributed by atoms with Crippen LogP contribution in [0.1, 0.15) is 21.5 Å². The molecule has 0 aromatic heterocycles. The maximum Gasteiger partial charge on any atom is 0.411 e. The summed E-state index contributed by atoms with van der Waals surface area (Å²) in [5, 5.41) is 2.73. The third-order valence-corrected chi connectivity index (χ3v) is 6.70. The average Bonchev–Trinajstić information content (AvgIpc) is 2.82. The molecule has 3 aromatic carbocycles. The zero-order chi connectivity index (χ0) is 24.8. The van der Waals surface area contributed by atoms with Crippen LogP contribution in [0.15, 0.2) is 83.8 Å². The van der Waals surface area contributed by atoms with Gasteiger partial charge in [0.15, 0.2) is 0 Å². The van der Waals surface area contributed by atoms with E-state index in [1.165, 1.54) is 35.6 Å². The van der Waals surface area contributed by atoms with Gasteiger partial charge in [-0.1, -0.05) is 42.5 Å². The largest absolute Gasteiger partial charge is 0.411 e. The number of carbonyl (C=O) groups excluding carboxylic acids is 1. The molecule has 3 aromatic rings. The Labute approximate surface area is 196 Å². The molecule has 0 saturated heterocycles. The Kier molecular flexibility index (Phi) is 7.95. The molecule has 0 atom stereocenters. The van der Waals surface area contributed by atoms with E-state index in [0.29, 0.717) is 16.8 Å². The average molecular weight is 493 g/mol. The van der Waals surface area contributed by atoms with Gasteiger partial charge in [-0.3, -0.25) is 9.10 Å². The molecule has 0 unspecified atom stereocenters. The maximum absolute atomic E-state index is 12.8. The number of para-hydroxylation sites is 1. The molecule has 0 aliphatic rings. The lowest BCUT2D eigenvalue weighted by atomic mass is 10.1. The molecule has 0 radical (unpaired) electrons. The Morgan fingerprint density at radius 1 is 0.912 bits per heavy atom. The van der Waals surface area contributed by atoms with Gasteiger partial charge in [-0.05, 0) is 47.5 Å². The monoisotopic (exact) mass is 492 g/mol. The second-order valence-electron chi connectivity index (χ2n) is 7.44. The molecule has 0 bridgehead atoms. The minimum Gasteiger partial charge on any atom is -0.367 e. The highest BCUT2D eigenvalue weighted by atomic mass is 32.2. The molecule has 3 rings (SSSR count). The van der Waals surface area contributed by atoms with Crippen LogP contribution in [0.2, 0.25) is 0 Å². The number of halogens is 3. The number of rotatable bonds is 9. The molecule has 0 spiro atoms. The van der Waals surface area contributed by atoms with Gasteiger partial charge in [0.1, 0.15) is 6.61 Å². The zero-order valence-corrected chi connectivity index (χ0v) is 19.1. The van der Waals surface area contributed by atoms with Crippen molar-refractivity contribution in [3.63, 3.8) is 0 Å². The Morgan fingerprint density at radius 2 is 1.50 bits per heavy atom. The van der Waals surface area contributed by atoms with E-state index in [2.05, 4.69) is 10.1 Å². The number of alkyl halides is 3. The molecule has 0 aliphatic heterocycles. The van der Waals surface area contributed by atoms with Crippen LogP contribution >= 0.6 is 0 Å². The predicted molar refractivity (Wildman–Crippen MR) is 122 cm³/mol. The van der Waals surface area contributed by atoms with Gasteiger partial charge in [0.2, 0.25) is 0 Å². The van der Waals surface area contributed by atoms with Crippen LogP contribution in [0, 0.1) is 0 Å². The van der Waals surface area contributed by atoms with Gasteiger partial charge in [0.05, 0.1) is 17.2 Å². The quantitative estimate of drug-likeness (QED) is 0.477. The predicted octanol–water partition coefficient (Wildman–Crippen LogP) is 4.52. The van der Waals surface area contributed by atoms with Gasteiger partial charge in [-0.2, -0.15) is 13.2 Å². The lowest BCUT2D eigenvalue weighted by Crippen LogP contribution is -2.27. The Hall–Kier alpha value is -3.37. The second kappa shape index (κ2) is 10.7. The number of ether oxygens (including phenoxy) is 1. The van der Waals surface area contributed by atoms with Crippen molar-refractivity contribution in [3.05, 3.63) is 95.6 Å². The third-order valence-electron chi connectivity index (χ3n) is 4.91. The van der Waals surface area contributed by atoms with Gasteiger partial charge in [0, 0.05) is 19.2 Å². The first-order valence-corrected chi connectivity index (χ1v) is 11.6. The van der Waals surface area contributed by atoms with Crippen LogP contribution in [0.3, 0.4) is 0 Å². The summed E-state index contributed by atoms with van der Waals surface area (Å²) in [6.45, 7) is -1.28. The summed E-state index contributed by atoms with van der Waals surface area (Å²) in [6.07, 6.45) is -4.37. The molecule has 1 N–H and O–H groups in total. The summed E-state index contributed by atoms with van der Waals surface area (Å²) in [4.78, 5) is 12.5. The molecule has 180 valence electrons. The van der Waals surface area contributed by atoms with Crippen molar-refractivity contribution in [2.45, 2.75) is 24.2 Å². The molecule has 34 heavy (non-hydrogen) atoms. The van der Waals surface area contributed by atoms with Crippen molar-refractivity contribution in [2.24, 2.45) is 0 Å². The number of nitrogens with zero attached hydrogens (tertiary/aromatic N) is 1. The number of nitrogens with one attached hydrogen (secondary N) is 1. The van der Waals surface area contributed by atoms with E-state index in [0.717, 1.165) is 5.56 Å². The fourth-order valence-corrected chi connectivity index (χ4v) is 4.23. The van der Waals surface area contributed by atoms with Crippen LogP contribution in [-0.4, -0.2) is 34.2 Å². The van der Waals surface area contributed by atoms with Crippen LogP contribution in [0.25, 0.3) is 0 Å². The highest BCUT2D eigenvalue weighted by molar-refractivity contribution is 7.92. The number of benzene rings is 3. The summed E-state index contributed by atoms with van der Waals surface area (Å²) < 4.78 is 67.8. The Balaban J connectivity index is 1.56. The Bertz CT molecular complexity index is 1200. The van der Waals surface area contributed by atoms with Crippen molar-refractivity contribution in [1.29, 1.82) is 0 Å². The first kappa shape index (κ1) is 25.3. The van der Waals surface area contributed by atoms with E-state index < -0.39 is 28.7 Å². The van der Waals surface area contributed by atoms with Crippen molar-refractivity contribution < 1.29 is 31.1 Å². The van der Waals surface area contributed by atoms with Gasteiger partial charge < -0.3 is 10.1 Å². The number of hydrogen-bond acceptors (Lipinski definition) is 4. The minimum absolute atomic E-state index is 0.0544. The summed E-state index contributed by atoms with van der Waals surface area (Å²) in [5.41, 5.74) is 2.13.